The Bertz CT molecular complexity index is 1390. The Hall–Kier alpha value is -4.40. The van der Waals surface area contributed by atoms with E-state index >= 15 is 0 Å². The van der Waals surface area contributed by atoms with Gasteiger partial charge < -0.3 is 19.1 Å². The van der Waals surface area contributed by atoms with Gasteiger partial charge in [0.15, 0.2) is 0 Å². The molecule has 2 heterocycles. The maximum atomic E-state index is 13.0. The van der Waals surface area contributed by atoms with Gasteiger partial charge in [-0.15, -0.1) is 0 Å². The molecule has 38 heavy (non-hydrogen) atoms. The molecule has 5 rings (SSSR count). The minimum Gasteiger partial charge on any atom is -0.493 e. The SMILES string of the molecule is Cc1ccc(Oc2cc(OCCCOc3cc4c(cc3C)C(=O)N3CCC[C@H]3C=N4)ccc2[N+](=O)[O-])cc1. The first-order valence-corrected chi connectivity index (χ1v) is 12.7. The molecule has 0 unspecified atom stereocenters. The molecule has 196 valence electrons. The molecule has 1 fully saturated rings. The molecule has 0 saturated carbocycles. The van der Waals surface area contributed by atoms with Crippen LogP contribution in [0.2, 0.25) is 0 Å². The lowest BCUT2D eigenvalue weighted by Gasteiger charge is -2.20. The highest BCUT2D eigenvalue weighted by Crippen LogP contribution is 2.36. The third-order valence-corrected chi connectivity index (χ3v) is 6.66. The second-order valence-corrected chi connectivity index (χ2v) is 9.47. The number of hydrogen-bond acceptors (Lipinski definition) is 7. The van der Waals surface area contributed by atoms with Crippen molar-refractivity contribution in [1.29, 1.82) is 0 Å². The number of amides is 1. The zero-order valence-electron chi connectivity index (χ0n) is 21.4. The molecule has 0 aromatic heterocycles. The van der Waals surface area contributed by atoms with E-state index in [4.69, 9.17) is 14.2 Å². The van der Waals surface area contributed by atoms with E-state index in [1.165, 1.54) is 12.1 Å². The Kier molecular flexibility index (Phi) is 7.26. The Morgan fingerprint density at radius 3 is 2.55 bits per heavy atom. The number of ether oxygens (including phenoxy) is 3. The summed E-state index contributed by atoms with van der Waals surface area (Å²) >= 11 is 0. The fourth-order valence-corrected chi connectivity index (χ4v) is 4.61. The average Bonchev–Trinajstić information content (AvgIpc) is 3.33. The smallest absolute Gasteiger partial charge is 0.311 e. The number of aliphatic imine (C=N–C) groups is 1. The number of aryl methyl sites for hydroxylation is 2. The molecule has 0 bridgehead atoms. The lowest BCUT2D eigenvalue weighted by Crippen LogP contribution is -2.35. The third-order valence-electron chi connectivity index (χ3n) is 6.66. The number of nitro benzene ring substituents is 1. The van der Waals surface area contributed by atoms with Gasteiger partial charge >= 0.3 is 5.69 Å². The van der Waals surface area contributed by atoms with Crippen LogP contribution in [0.5, 0.6) is 23.0 Å². The molecule has 3 aromatic rings. The summed E-state index contributed by atoms with van der Waals surface area (Å²) in [5.74, 6) is 1.79. The van der Waals surface area contributed by atoms with Gasteiger partial charge in [-0.25, -0.2) is 0 Å². The lowest BCUT2D eigenvalue weighted by atomic mass is 10.1. The third kappa shape index (κ3) is 5.46. The normalized spacial score (nSPS) is 16.0. The monoisotopic (exact) mass is 515 g/mol. The first-order chi connectivity index (χ1) is 18.4. The molecule has 9 nitrogen and oxygen atoms in total. The minimum absolute atomic E-state index is 0.0249. The number of carbonyl (C=O) groups is 1. The summed E-state index contributed by atoms with van der Waals surface area (Å²) in [4.78, 5) is 30.4. The van der Waals surface area contributed by atoms with Gasteiger partial charge in [-0.1, -0.05) is 17.7 Å². The standard InChI is InChI=1S/C29H29N3O6/c1-19-6-8-22(9-7-19)38-28-16-23(10-11-26(28)32(34)35)36-13-4-14-37-27-17-25-24(15-20(27)2)29(33)31-12-3-5-21(31)18-30-25/h6-11,15-18,21H,3-5,12-14H2,1-2H3/t21-/m0/s1. The van der Waals surface area contributed by atoms with Crippen molar-refractivity contribution in [2.45, 2.75) is 39.2 Å². The van der Waals surface area contributed by atoms with Crippen molar-refractivity contribution in [1.82, 2.24) is 4.90 Å². The molecular formula is C29H29N3O6. The Morgan fingerprint density at radius 2 is 1.76 bits per heavy atom. The molecule has 1 amide bonds. The topological polar surface area (TPSA) is 104 Å². The van der Waals surface area contributed by atoms with Gasteiger partial charge in [-0.05, 0) is 56.5 Å². The minimum atomic E-state index is -0.481. The molecule has 2 aliphatic heterocycles. The molecular weight excluding hydrogens is 486 g/mol. The van der Waals surface area contributed by atoms with Crippen LogP contribution in [0.3, 0.4) is 0 Å². The summed E-state index contributed by atoms with van der Waals surface area (Å²) in [6, 6.07) is 15.5. The molecule has 0 radical (unpaired) electrons. The van der Waals surface area contributed by atoms with E-state index in [-0.39, 0.29) is 23.4 Å². The fourth-order valence-electron chi connectivity index (χ4n) is 4.61. The van der Waals surface area contributed by atoms with Gasteiger partial charge in [0.05, 0.1) is 35.4 Å². The van der Waals surface area contributed by atoms with Crippen LogP contribution in [0.25, 0.3) is 0 Å². The predicted octanol–water partition coefficient (Wildman–Crippen LogP) is 6.17. The van der Waals surface area contributed by atoms with Crippen LogP contribution in [0, 0.1) is 24.0 Å². The van der Waals surface area contributed by atoms with Gasteiger partial charge in [0, 0.05) is 37.4 Å². The highest BCUT2D eigenvalue weighted by Gasteiger charge is 2.32. The lowest BCUT2D eigenvalue weighted by molar-refractivity contribution is -0.385. The number of rotatable bonds is 9. The van der Waals surface area contributed by atoms with Gasteiger partial charge in [0.25, 0.3) is 5.91 Å². The van der Waals surface area contributed by atoms with Crippen molar-refractivity contribution in [3.05, 3.63) is 81.4 Å². The van der Waals surface area contributed by atoms with Crippen LogP contribution in [0.1, 0.15) is 40.7 Å². The predicted molar refractivity (Wildman–Crippen MR) is 143 cm³/mol. The Labute approximate surface area is 220 Å². The molecule has 9 heteroatoms. The first-order valence-electron chi connectivity index (χ1n) is 12.7. The summed E-state index contributed by atoms with van der Waals surface area (Å²) in [5.41, 5.74) is 3.04. The Morgan fingerprint density at radius 1 is 1.00 bits per heavy atom. The van der Waals surface area contributed by atoms with E-state index < -0.39 is 4.92 Å². The number of fused-ring (bicyclic) bond motifs is 2. The number of nitro groups is 1. The van der Waals surface area contributed by atoms with E-state index in [0.29, 0.717) is 48.1 Å². The Balaban J connectivity index is 1.18. The highest BCUT2D eigenvalue weighted by atomic mass is 16.6. The summed E-state index contributed by atoms with van der Waals surface area (Å²) in [6.07, 6.45) is 4.39. The van der Waals surface area contributed by atoms with Crippen molar-refractivity contribution < 1.29 is 23.9 Å². The summed E-state index contributed by atoms with van der Waals surface area (Å²) in [6.45, 7) is 5.38. The van der Waals surface area contributed by atoms with Crippen molar-refractivity contribution >= 4 is 23.5 Å². The van der Waals surface area contributed by atoms with E-state index in [2.05, 4.69) is 4.99 Å². The van der Waals surface area contributed by atoms with Crippen LogP contribution in [-0.2, 0) is 0 Å². The van der Waals surface area contributed by atoms with Crippen LogP contribution in [0.15, 0.2) is 59.6 Å². The fraction of sp³-hybridized carbons (Fsp3) is 0.310. The van der Waals surface area contributed by atoms with Crippen molar-refractivity contribution in [2.24, 2.45) is 4.99 Å². The molecule has 0 spiro atoms. The second-order valence-electron chi connectivity index (χ2n) is 9.47. The average molecular weight is 516 g/mol. The zero-order chi connectivity index (χ0) is 26.6. The number of benzene rings is 3. The molecule has 0 aliphatic carbocycles. The summed E-state index contributed by atoms with van der Waals surface area (Å²) in [7, 11) is 0. The van der Waals surface area contributed by atoms with Crippen molar-refractivity contribution in [3.8, 4) is 23.0 Å². The van der Waals surface area contributed by atoms with E-state index in [0.717, 1.165) is 30.5 Å². The summed E-state index contributed by atoms with van der Waals surface area (Å²) < 4.78 is 17.6. The molecule has 1 saturated heterocycles. The molecule has 1 atom stereocenters. The molecule has 2 aliphatic rings. The maximum absolute atomic E-state index is 13.0. The maximum Gasteiger partial charge on any atom is 0.311 e. The van der Waals surface area contributed by atoms with E-state index in [9.17, 15) is 14.9 Å². The quantitative estimate of drug-likeness (QED) is 0.192. The van der Waals surface area contributed by atoms with Crippen LogP contribution >= 0.6 is 0 Å². The zero-order valence-corrected chi connectivity index (χ0v) is 21.4. The van der Waals surface area contributed by atoms with Crippen LogP contribution in [-0.4, -0.2) is 47.7 Å². The first kappa shape index (κ1) is 25.3. The summed E-state index contributed by atoms with van der Waals surface area (Å²) in [5, 5.41) is 11.5. The van der Waals surface area contributed by atoms with Crippen molar-refractivity contribution in [2.75, 3.05) is 19.8 Å². The van der Waals surface area contributed by atoms with E-state index in [1.54, 1.807) is 18.2 Å². The molecule has 0 N–H and O–H groups in total. The van der Waals surface area contributed by atoms with Gasteiger partial charge in [0.1, 0.15) is 17.2 Å². The van der Waals surface area contributed by atoms with E-state index in [1.807, 2.05) is 49.2 Å². The number of hydrogen-bond donors (Lipinski definition) is 0. The largest absolute Gasteiger partial charge is 0.493 e. The second kappa shape index (κ2) is 10.9. The molecule has 3 aromatic carbocycles. The van der Waals surface area contributed by atoms with Gasteiger partial charge in [0.2, 0.25) is 5.75 Å². The number of carbonyl (C=O) groups excluding carboxylic acids is 1. The van der Waals surface area contributed by atoms with Crippen LogP contribution < -0.4 is 14.2 Å². The van der Waals surface area contributed by atoms with Gasteiger partial charge in [-0.3, -0.25) is 19.9 Å². The highest BCUT2D eigenvalue weighted by molar-refractivity contribution is 6.03. The number of nitrogens with zero attached hydrogens (tertiary/aromatic N) is 3. The van der Waals surface area contributed by atoms with Gasteiger partial charge in [-0.2, -0.15) is 0 Å². The van der Waals surface area contributed by atoms with Crippen molar-refractivity contribution in [3.63, 3.8) is 0 Å². The van der Waals surface area contributed by atoms with Crippen LogP contribution in [0.4, 0.5) is 11.4 Å².